The zero-order valence-corrected chi connectivity index (χ0v) is 15.5. The first-order chi connectivity index (χ1) is 12.5. The van der Waals surface area contributed by atoms with E-state index in [4.69, 9.17) is 5.73 Å². The lowest BCUT2D eigenvalue weighted by molar-refractivity contribution is -0.123. The molecule has 26 heavy (non-hydrogen) atoms. The van der Waals surface area contributed by atoms with Crippen LogP contribution in [0.3, 0.4) is 0 Å². The zero-order valence-electron chi connectivity index (χ0n) is 15.5. The standard InChI is InChI=1S/C18H30N6O2/c1-13-11-16(24(22-13)15-6-2-3-7-15)21-18(26)20-8-10-23-9-4-5-14(12-23)17(19)25/h11,14-15H,2-10,12H2,1H3,(H2,19,25)(H2,20,21,26)/t14-/m1/s1. The number of hydrogen-bond acceptors (Lipinski definition) is 4. The molecule has 1 atom stereocenters. The minimum Gasteiger partial charge on any atom is -0.369 e. The molecule has 8 nitrogen and oxygen atoms in total. The Kier molecular flexibility index (Phi) is 6.13. The van der Waals surface area contributed by atoms with Crippen molar-refractivity contribution in [2.75, 3.05) is 31.5 Å². The van der Waals surface area contributed by atoms with Gasteiger partial charge in [0.25, 0.3) is 0 Å². The van der Waals surface area contributed by atoms with E-state index in [1.807, 2.05) is 17.7 Å². The maximum Gasteiger partial charge on any atom is 0.320 e. The first-order valence-corrected chi connectivity index (χ1v) is 9.65. The predicted octanol–water partition coefficient (Wildman–Crippen LogP) is 1.63. The van der Waals surface area contributed by atoms with E-state index in [-0.39, 0.29) is 17.9 Å². The second-order valence-electron chi connectivity index (χ2n) is 7.48. The number of aromatic nitrogens is 2. The highest BCUT2D eigenvalue weighted by atomic mass is 16.2. The van der Waals surface area contributed by atoms with Crippen LogP contribution in [-0.4, -0.2) is 52.8 Å². The Hall–Kier alpha value is -2.09. The van der Waals surface area contributed by atoms with E-state index < -0.39 is 0 Å². The highest BCUT2D eigenvalue weighted by molar-refractivity contribution is 5.88. The van der Waals surface area contributed by atoms with Crippen LogP contribution in [0.2, 0.25) is 0 Å². The van der Waals surface area contributed by atoms with Crippen LogP contribution in [0.5, 0.6) is 0 Å². The molecule has 4 N–H and O–H groups in total. The number of carbonyl (C=O) groups is 2. The minimum atomic E-state index is -0.226. The molecule has 1 aromatic rings. The molecule has 144 valence electrons. The summed E-state index contributed by atoms with van der Waals surface area (Å²) in [7, 11) is 0. The quantitative estimate of drug-likeness (QED) is 0.715. The van der Waals surface area contributed by atoms with Gasteiger partial charge in [0.05, 0.1) is 17.7 Å². The topological polar surface area (TPSA) is 105 Å². The summed E-state index contributed by atoms with van der Waals surface area (Å²) in [6.45, 7) is 4.83. The van der Waals surface area contributed by atoms with Crippen molar-refractivity contribution >= 4 is 17.8 Å². The molecule has 0 radical (unpaired) electrons. The number of aryl methyl sites for hydroxylation is 1. The molecule has 0 aromatic carbocycles. The van der Waals surface area contributed by atoms with Gasteiger partial charge in [-0.15, -0.1) is 0 Å². The van der Waals surface area contributed by atoms with Crippen LogP contribution in [0, 0.1) is 12.8 Å². The zero-order chi connectivity index (χ0) is 18.5. The van der Waals surface area contributed by atoms with Gasteiger partial charge in [-0.1, -0.05) is 12.8 Å². The molecule has 2 heterocycles. The maximum atomic E-state index is 12.2. The molecule has 0 unspecified atom stereocenters. The van der Waals surface area contributed by atoms with Gasteiger partial charge in [-0.05, 0) is 39.2 Å². The highest BCUT2D eigenvalue weighted by Crippen LogP contribution is 2.31. The van der Waals surface area contributed by atoms with Crippen LogP contribution in [0.15, 0.2) is 6.07 Å². The van der Waals surface area contributed by atoms with Crippen LogP contribution < -0.4 is 16.4 Å². The lowest BCUT2D eigenvalue weighted by Crippen LogP contribution is -2.44. The van der Waals surface area contributed by atoms with E-state index in [0.717, 1.165) is 50.3 Å². The van der Waals surface area contributed by atoms with E-state index in [1.54, 1.807) is 0 Å². The summed E-state index contributed by atoms with van der Waals surface area (Å²) in [5.74, 6) is 0.468. The predicted molar refractivity (Wildman–Crippen MR) is 99.8 cm³/mol. The molecule has 2 aliphatic rings. The number of nitrogens with two attached hydrogens (primary N) is 1. The van der Waals surface area contributed by atoms with E-state index in [9.17, 15) is 9.59 Å². The third kappa shape index (κ3) is 4.75. The van der Waals surface area contributed by atoms with Crippen LogP contribution >= 0.6 is 0 Å². The summed E-state index contributed by atoms with van der Waals surface area (Å²) in [4.78, 5) is 25.8. The van der Waals surface area contributed by atoms with E-state index >= 15 is 0 Å². The Morgan fingerprint density at radius 2 is 2.04 bits per heavy atom. The van der Waals surface area contributed by atoms with Crippen molar-refractivity contribution in [1.29, 1.82) is 0 Å². The number of nitrogens with one attached hydrogen (secondary N) is 2. The second kappa shape index (κ2) is 8.53. The van der Waals surface area contributed by atoms with Gasteiger partial charge in [0, 0.05) is 25.7 Å². The molecule has 2 fully saturated rings. The SMILES string of the molecule is Cc1cc(NC(=O)NCCN2CCC[C@@H](C(N)=O)C2)n(C2CCCC2)n1. The number of hydrogen-bond donors (Lipinski definition) is 3. The molecular weight excluding hydrogens is 332 g/mol. The number of nitrogens with zero attached hydrogens (tertiary/aromatic N) is 3. The Morgan fingerprint density at radius 3 is 2.77 bits per heavy atom. The van der Waals surface area contributed by atoms with Gasteiger partial charge in [0.1, 0.15) is 5.82 Å². The van der Waals surface area contributed by atoms with Gasteiger partial charge in [-0.3, -0.25) is 10.1 Å². The van der Waals surface area contributed by atoms with Crippen molar-refractivity contribution in [3.8, 4) is 0 Å². The smallest absolute Gasteiger partial charge is 0.320 e. The summed E-state index contributed by atoms with van der Waals surface area (Å²) < 4.78 is 1.96. The Morgan fingerprint density at radius 1 is 1.27 bits per heavy atom. The average molecular weight is 362 g/mol. The van der Waals surface area contributed by atoms with Crippen LogP contribution in [0.1, 0.15) is 50.3 Å². The van der Waals surface area contributed by atoms with Crippen molar-refractivity contribution in [2.24, 2.45) is 11.7 Å². The molecule has 1 aromatic heterocycles. The van der Waals surface area contributed by atoms with Crippen LogP contribution in [-0.2, 0) is 4.79 Å². The molecule has 8 heteroatoms. The molecule has 1 aliphatic carbocycles. The summed E-state index contributed by atoms with van der Waals surface area (Å²) in [6.07, 6.45) is 6.51. The molecule has 1 saturated carbocycles. The first-order valence-electron chi connectivity index (χ1n) is 9.65. The van der Waals surface area contributed by atoms with Crippen molar-refractivity contribution in [3.63, 3.8) is 0 Å². The van der Waals surface area contributed by atoms with E-state index in [1.165, 1.54) is 12.8 Å². The molecular formula is C18H30N6O2. The van der Waals surface area contributed by atoms with Gasteiger partial charge in [0.15, 0.2) is 0 Å². The molecule has 3 amide bonds. The second-order valence-corrected chi connectivity index (χ2v) is 7.48. The minimum absolute atomic E-state index is 0.0682. The molecule has 3 rings (SSSR count). The van der Waals surface area contributed by atoms with Crippen molar-refractivity contribution in [3.05, 3.63) is 11.8 Å². The van der Waals surface area contributed by atoms with Crippen molar-refractivity contribution < 1.29 is 9.59 Å². The maximum absolute atomic E-state index is 12.2. The largest absolute Gasteiger partial charge is 0.369 e. The molecule has 0 bridgehead atoms. The normalized spacial score (nSPS) is 21.7. The van der Waals surface area contributed by atoms with E-state index in [0.29, 0.717) is 19.1 Å². The van der Waals surface area contributed by atoms with Crippen LogP contribution in [0.25, 0.3) is 0 Å². The van der Waals surface area contributed by atoms with Gasteiger partial charge in [-0.25, -0.2) is 9.48 Å². The average Bonchev–Trinajstić information content (AvgIpc) is 3.24. The van der Waals surface area contributed by atoms with Gasteiger partial charge >= 0.3 is 6.03 Å². The first kappa shape index (κ1) is 18.7. The lowest BCUT2D eigenvalue weighted by atomic mass is 9.97. The summed E-state index contributed by atoms with van der Waals surface area (Å²) in [5.41, 5.74) is 6.32. The van der Waals surface area contributed by atoms with Crippen LogP contribution in [0.4, 0.5) is 10.6 Å². The number of anilines is 1. The summed E-state index contributed by atoms with van der Waals surface area (Å²) >= 11 is 0. The fourth-order valence-corrected chi connectivity index (χ4v) is 4.02. The molecule has 1 aliphatic heterocycles. The summed E-state index contributed by atoms with van der Waals surface area (Å²) in [5, 5.41) is 10.4. The Balaban J connectivity index is 1.45. The number of urea groups is 1. The van der Waals surface area contributed by atoms with Crippen molar-refractivity contribution in [1.82, 2.24) is 20.0 Å². The third-order valence-electron chi connectivity index (χ3n) is 5.39. The number of primary amides is 1. The lowest BCUT2D eigenvalue weighted by Gasteiger charge is -2.31. The number of piperidine rings is 1. The number of amides is 3. The summed E-state index contributed by atoms with van der Waals surface area (Å²) in [6, 6.07) is 2.09. The van der Waals surface area contributed by atoms with Gasteiger partial charge < -0.3 is 16.0 Å². The number of rotatable bonds is 6. The Labute approximate surface area is 154 Å². The number of carbonyl (C=O) groups excluding carboxylic acids is 2. The number of likely N-dealkylation sites (tertiary alicyclic amines) is 1. The monoisotopic (exact) mass is 362 g/mol. The third-order valence-corrected chi connectivity index (χ3v) is 5.39. The Bertz CT molecular complexity index is 638. The highest BCUT2D eigenvalue weighted by Gasteiger charge is 2.24. The van der Waals surface area contributed by atoms with Gasteiger partial charge in [-0.2, -0.15) is 5.10 Å². The molecule has 1 saturated heterocycles. The van der Waals surface area contributed by atoms with E-state index in [2.05, 4.69) is 20.6 Å². The fourth-order valence-electron chi connectivity index (χ4n) is 4.02. The molecule has 0 spiro atoms. The fraction of sp³-hybridized carbons (Fsp3) is 0.722. The van der Waals surface area contributed by atoms with Gasteiger partial charge in [0.2, 0.25) is 5.91 Å². The van der Waals surface area contributed by atoms with Crippen molar-refractivity contribution in [2.45, 2.75) is 51.5 Å².